The van der Waals surface area contributed by atoms with Gasteiger partial charge in [0.25, 0.3) is 0 Å². The van der Waals surface area contributed by atoms with Crippen LogP contribution in [0.25, 0.3) is 22.9 Å². The number of primary amides is 1. The van der Waals surface area contributed by atoms with Crippen molar-refractivity contribution in [2.75, 3.05) is 26.8 Å². The van der Waals surface area contributed by atoms with Crippen LogP contribution in [0.2, 0.25) is 0 Å². The molecular formula is C19H23N7O2. The summed E-state index contributed by atoms with van der Waals surface area (Å²) in [5, 5.41) is 8.01. The van der Waals surface area contributed by atoms with E-state index in [2.05, 4.69) is 15.0 Å². The van der Waals surface area contributed by atoms with Gasteiger partial charge >= 0.3 is 0 Å². The molecule has 1 aliphatic heterocycles. The van der Waals surface area contributed by atoms with Crippen molar-refractivity contribution in [1.29, 1.82) is 0 Å². The predicted octanol–water partition coefficient (Wildman–Crippen LogP) is 0.700. The number of hydrogen-bond acceptors (Lipinski definition) is 6. The zero-order valence-corrected chi connectivity index (χ0v) is 15.8. The maximum absolute atomic E-state index is 11.3. The van der Waals surface area contributed by atoms with Crippen LogP contribution in [0, 0.1) is 0 Å². The van der Waals surface area contributed by atoms with E-state index in [0.29, 0.717) is 30.4 Å². The average Bonchev–Trinajstić information content (AvgIpc) is 3.24. The molecule has 0 bridgehead atoms. The van der Waals surface area contributed by atoms with Gasteiger partial charge in [-0.25, -0.2) is 14.6 Å². The van der Waals surface area contributed by atoms with Gasteiger partial charge in [-0.15, -0.1) is 0 Å². The second kappa shape index (κ2) is 7.91. The highest BCUT2D eigenvalue weighted by atomic mass is 16.5. The second-order valence-corrected chi connectivity index (χ2v) is 6.65. The number of benzene rings is 1. The van der Waals surface area contributed by atoms with E-state index in [4.69, 9.17) is 20.4 Å². The summed E-state index contributed by atoms with van der Waals surface area (Å²) in [6, 6.07) is 6.96. The fourth-order valence-electron chi connectivity index (χ4n) is 3.25. The molecular weight excluding hydrogens is 358 g/mol. The van der Waals surface area contributed by atoms with Crippen LogP contribution in [0.1, 0.15) is 16.2 Å². The highest BCUT2D eigenvalue weighted by molar-refractivity contribution is 5.93. The minimum atomic E-state index is -0.458. The van der Waals surface area contributed by atoms with E-state index in [-0.39, 0.29) is 0 Å². The maximum atomic E-state index is 11.3. The lowest BCUT2D eigenvalue weighted by atomic mass is 10.1. The molecule has 2 aromatic heterocycles. The van der Waals surface area contributed by atoms with E-state index < -0.39 is 5.91 Å². The number of carbonyl (C=O) groups excluding carboxylic acids is 1. The van der Waals surface area contributed by atoms with Crippen molar-refractivity contribution in [3.05, 3.63) is 41.9 Å². The van der Waals surface area contributed by atoms with Crippen LogP contribution in [-0.4, -0.2) is 57.0 Å². The standard InChI is InChI=1S/C19H23N7O2/c1-28-11-10-26-19(15-12-25-9-8-21-7-6-16(25)22-15)23-18(24-26)14-4-2-13(3-5-14)17(20)27/h2-5,12,21H,6-11H2,1H3,(H2,20,27). The van der Waals surface area contributed by atoms with E-state index in [1.807, 2.05) is 10.9 Å². The van der Waals surface area contributed by atoms with Gasteiger partial charge in [-0.1, -0.05) is 12.1 Å². The summed E-state index contributed by atoms with van der Waals surface area (Å²) in [6.07, 6.45) is 2.92. The van der Waals surface area contributed by atoms with Crippen molar-refractivity contribution in [3.8, 4) is 22.9 Å². The monoisotopic (exact) mass is 381 g/mol. The first-order valence-electron chi connectivity index (χ1n) is 9.27. The van der Waals surface area contributed by atoms with Crippen LogP contribution in [0.4, 0.5) is 0 Å². The molecule has 9 heteroatoms. The van der Waals surface area contributed by atoms with E-state index in [9.17, 15) is 4.79 Å². The number of aromatic nitrogens is 5. The van der Waals surface area contributed by atoms with Crippen LogP contribution < -0.4 is 11.1 Å². The third-order valence-corrected chi connectivity index (χ3v) is 4.75. The van der Waals surface area contributed by atoms with Crippen LogP contribution in [0.3, 0.4) is 0 Å². The van der Waals surface area contributed by atoms with Crippen molar-refractivity contribution in [3.63, 3.8) is 0 Å². The van der Waals surface area contributed by atoms with E-state index in [1.54, 1.807) is 31.4 Å². The normalized spacial score (nSPS) is 13.9. The summed E-state index contributed by atoms with van der Waals surface area (Å²) < 4.78 is 9.21. The van der Waals surface area contributed by atoms with Crippen molar-refractivity contribution < 1.29 is 9.53 Å². The topological polar surface area (TPSA) is 113 Å². The van der Waals surface area contributed by atoms with Gasteiger partial charge in [0.15, 0.2) is 11.6 Å². The van der Waals surface area contributed by atoms with Gasteiger partial charge in [-0.05, 0) is 12.1 Å². The summed E-state index contributed by atoms with van der Waals surface area (Å²) in [5.41, 5.74) is 7.39. The molecule has 0 unspecified atom stereocenters. The molecule has 0 saturated carbocycles. The number of methoxy groups -OCH3 is 1. The first kappa shape index (κ1) is 18.3. The third-order valence-electron chi connectivity index (χ3n) is 4.75. The SMILES string of the molecule is COCCn1nc(-c2ccc(C(N)=O)cc2)nc1-c1cn2c(n1)CCNCC2. The molecule has 0 saturated heterocycles. The largest absolute Gasteiger partial charge is 0.383 e. The molecule has 146 valence electrons. The van der Waals surface area contributed by atoms with E-state index >= 15 is 0 Å². The number of amides is 1. The maximum Gasteiger partial charge on any atom is 0.248 e. The molecule has 1 amide bonds. The summed E-state index contributed by atoms with van der Waals surface area (Å²) in [7, 11) is 1.66. The first-order valence-corrected chi connectivity index (χ1v) is 9.27. The molecule has 0 aliphatic carbocycles. The second-order valence-electron chi connectivity index (χ2n) is 6.65. The molecule has 28 heavy (non-hydrogen) atoms. The van der Waals surface area contributed by atoms with Gasteiger partial charge in [-0.2, -0.15) is 5.10 Å². The smallest absolute Gasteiger partial charge is 0.248 e. The Hall–Kier alpha value is -3.04. The van der Waals surface area contributed by atoms with E-state index in [0.717, 1.165) is 43.1 Å². The number of carbonyl (C=O) groups is 1. The van der Waals surface area contributed by atoms with Crippen LogP contribution in [-0.2, 0) is 24.2 Å². The van der Waals surface area contributed by atoms with Gasteiger partial charge < -0.3 is 20.4 Å². The molecule has 0 fully saturated rings. The summed E-state index contributed by atoms with van der Waals surface area (Å²) in [6.45, 7) is 3.83. The molecule has 9 nitrogen and oxygen atoms in total. The Morgan fingerprint density at radius 1 is 1.25 bits per heavy atom. The lowest BCUT2D eigenvalue weighted by Crippen LogP contribution is -2.17. The minimum Gasteiger partial charge on any atom is -0.383 e. The summed E-state index contributed by atoms with van der Waals surface area (Å²) in [5.74, 6) is 1.88. The predicted molar refractivity (Wildman–Crippen MR) is 104 cm³/mol. The summed E-state index contributed by atoms with van der Waals surface area (Å²) >= 11 is 0. The van der Waals surface area contributed by atoms with Crippen molar-refractivity contribution >= 4 is 5.91 Å². The van der Waals surface area contributed by atoms with Crippen molar-refractivity contribution in [1.82, 2.24) is 29.6 Å². The number of rotatable bonds is 6. The number of fused-ring (bicyclic) bond motifs is 1. The van der Waals surface area contributed by atoms with Gasteiger partial charge in [0.1, 0.15) is 11.5 Å². The zero-order valence-electron chi connectivity index (χ0n) is 15.8. The lowest BCUT2D eigenvalue weighted by Gasteiger charge is -2.03. The summed E-state index contributed by atoms with van der Waals surface area (Å²) in [4.78, 5) is 20.8. The quantitative estimate of drug-likeness (QED) is 0.650. The van der Waals surface area contributed by atoms with Gasteiger partial charge in [-0.3, -0.25) is 4.79 Å². The molecule has 0 radical (unpaired) electrons. The Bertz CT molecular complexity index is 951. The minimum absolute atomic E-state index is 0.453. The highest BCUT2D eigenvalue weighted by Crippen LogP contribution is 2.23. The average molecular weight is 381 g/mol. The fraction of sp³-hybridized carbons (Fsp3) is 0.368. The lowest BCUT2D eigenvalue weighted by molar-refractivity contribution is 0.100. The Kier molecular flexibility index (Phi) is 5.18. The van der Waals surface area contributed by atoms with Crippen molar-refractivity contribution in [2.45, 2.75) is 19.5 Å². The Morgan fingerprint density at radius 2 is 2.07 bits per heavy atom. The van der Waals surface area contributed by atoms with Gasteiger partial charge in [0, 0.05) is 50.5 Å². The molecule has 1 aliphatic rings. The number of nitrogens with two attached hydrogens (primary N) is 1. The zero-order chi connectivity index (χ0) is 19.5. The fourth-order valence-corrected chi connectivity index (χ4v) is 3.25. The van der Waals surface area contributed by atoms with E-state index in [1.165, 1.54) is 0 Å². The van der Waals surface area contributed by atoms with Gasteiger partial charge in [0.05, 0.1) is 13.2 Å². The number of hydrogen-bond donors (Lipinski definition) is 2. The highest BCUT2D eigenvalue weighted by Gasteiger charge is 2.19. The molecule has 0 spiro atoms. The first-order chi connectivity index (χ1) is 13.7. The van der Waals surface area contributed by atoms with Gasteiger partial charge in [0.2, 0.25) is 5.91 Å². The molecule has 4 rings (SSSR count). The van der Waals surface area contributed by atoms with Crippen LogP contribution >= 0.6 is 0 Å². The molecule has 0 atom stereocenters. The molecule has 3 aromatic rings. The molecule has 3 heterocycles. The Balaban J connectivity index is 1.71. The van der Waals surface area contributed by atoms with Crippen LogP contribution in [0.15, 0.2) is 30.5 Å². The third kappa shape index (κ3) is 3.67. The Morgan fingerprint density at radius 3 is 2.82 bits per heavy atom. The van der Waals surface area contributed by atoms with Crippen molar-refractivity contribution in [2.24, 2.45) is 5.73 Å². The van der Waals surface area contributed by atoms with Crippen LogP contribution in [0.5, 0.6) is 0 Å². The number of nitrogens with one attached hydrogen (secondary N) is 1. The molecule has 3 N–H and O–H groups in total. The number of nitrogens with zero attached hydrogens (tertiary/aromatic N) is 5. The molecule has 1 aromatic carbocycles. The number of ether oxygens (including phenoxy) is 1. The Labute approximate surface area is 162 Å². The number of imidazole rings is 1.